The summed E-state index contributed by atoms with van der Waals surface area (Å²) in [4.78, 5) is 4.89. The number of rotatable bonds is 12. The Morgan fingerprint density at radius 2 is 1.81 bits per heavy atom. The fraction of sp³-hybridized carbons (Fsp3) is 0.367. The number of hydrogen-bond donors (Lipinski definition) is 5. The summed E-state index contributed by atoms with van der Waals surface area (Å²) in [6.07, 6.45) is -2.02. The van der Waals surface area contributed by atoms with E-state index in [1.54, 1.807) is 22.8 Å². The second-order valence-corrected chi connectivity index (χ2v) is 12.3. The normalized spacial score (nSPS) is 20.7. The largest absolute Gasteiger partial charge is 0.493 e. The highest BCUT2D eigenvalue weighted by molar-refractivity contribution is 7.90. The van der Waals surface area contributed by atoms with Gasteiger partial charge >= 0.3 is 0 Å². The number of anilines is 1. The van der Waals surface area contributed by atoms with Gasteiger partial charge in [0.15, 0.2) is 16.1 Å². The topological polar surface area (TPSA) is 163 Å². The lowest BCUT2D eigenvalue weighted by molar-refractivity contribution is -0.0499. The summed E-state index contributed by atoms with van der Waals surface area (Å²) in [5, 5.41) is 43.2. The van der Waals surface area contributed by atoms with E-state index >= 15 is 0 Å². The zero-order valence-corrected chi connectivity index (χ0v) is 23.9. The van der Waals surface area contributed by atoms with Gasteiger partial charge in [-0.2, -0.15) is 0 Å². The van der Waals surface area contributed by atoms with Gasteiger partial charge in [-0.1, -0.05) is 36.4 Å². The maximum atomic E-state index is 12.2. The molecule has 1 aliphatic rings. The molecule has 4 aromatic rings. The molecule has 4 atom stereocenters. The van der Waals surface area contributed by atoms with Crippen LogP contribution in [0.4, 0.5) is 5.95 Å². The summed E-state index contributed by atoms with van der Waals surface area (Å²) in [6.45, 7) is 0.309. The maximum Gasteiger partial charge on any atom is 0.206 e. The van der Waals surface area contributed by atoms with Gasteiger partial charge in [0.05, 0.1) is 29.1 Å². The summed E-state index contributed by atoms with van der Waals surface area (Å²) in [5.74, 6) is 0.969. The molecule has 1 fully saturated rings. The van der Waals surface area contributed by atoms with Crippen LogP contribution in [0.5, 0.6) is 5.75 Å². The van der Waals surface area contributed by atoms with Crippen molar-refractivity contribution in [3.8, 4) is 16.9 Å². The van der Waals surface area contributed by atoms with Gasteiger partial charge in [0.2, 0.25) is 5.95 Å². The molecule has 0 amide bonds. The predicted octanol–water partition coefficient (Wildman–Crippen LogP) is 2.48. The number of para-hydroxylation sites is 2. The van der Waals surface area contributed by atoms with Crippen molar-refractivity contribution >= 4 is 26.8 Å². The highest BCUT2D eigenvalue weighted by atomic mass is 32.2. The molecular formula is C30H35N3O8S. The van der Waals surface area contributed by atoms with Crippen LogP contribution in [0.3, 0.4) is 0 Å². The monoisotopic (exact) mass is 597 g/mol. The molecule has 42 heavy (non-hydrogen) atoms. The number of imidazole rings is 1. The van der Waals surface area contributed by atoms with Gasteiger partial charge in [0.1, 0.15) is 24.1 Å². The van der Waals surface area contributed by atoms with Crippen molar-refractivity contribution in [3.05, 3.63) is 72.3 Å². The standard InChI is InChI=1S/C30H35N3O8S/c1-42(38,39)21-8-6-7-20(16-21)22-12-11-19(15-25(22)40-14-5-4-13-34)17-31-30-32-23-9-2-3-10-24(23)33(30)29-28(37)27(36)26(18-35)41-29/h2-3,6-12,15-16,26-29,34-37H,4-5,13-14,17-18H2,1H3,(H,31,32)/t26-,27-,28-,29-/m1/s1. The number of aromatic nitrogens is 2. The third-order valence-corrected chi connectivity index (χ3v) is 8.36. The molecule has 0 saturated carbocycles. The Bertz CT molecular complexity index is 1640. The Kier molecular flexibility index (Phi) is 9.11. The fourth-order valence-corrected chi connectivity index (χ4v) is 5.69. The lowest BCUT2D eigenvalue weighted by Crippen LogP contribution is -2.33. The summed E-state index contributed by atoms with van der Waals surface area (Å²) in [5.41, 5.74) is 3.61. The van der Waals surface area contributed by atoms with Crippen molar-refractivity contribution in [3.63, 3.8) is 0 Å². The molecule has 0 spiro atoms. The maximum absolute atomic E-state index is 12.2. The molecule has 3 aromatic carbocycles. The van der Waals surface area contributed by atoms with E-state index in [4.69, 9.17) is 14.6 Å². The minimum Gasteiger partial charge on any atom is -0.493 e. The lowest BCUT2D eigenvalue weighted by atomic mass is 10.0. The number of nitrogens with zero attached hydrogens (tertiary/aromatic N) is 2. The van der Waals surface area contributed by atoms with Crippen molar-refractivity contribution < 1.29 is 38.3 Å². The predicted molar refractivity (Wildman–Crippen MR) is 157 cm³/mol. The molecule has 11 nitrogen and oxygen atoms in total. The molecule has 0 unspecified atom stereocenters. The van der Waals surface area contributed by atoms with Gasteiger partial charge in [0.25, 0.3) is 0 Å². The zero-order chi connectivity index (χ0) is 29.9. The molecular weight excluding hydrogens is 562 g/mol. The average Bonchev–Trinajstić information content (AvgIpc) is 3.49. The molecule has 1 aliphatic heterocycles. The lowest BCUT2D eigenvalue weighted by Gasteiger charge is -2.20. The van der Waals surface area contributed by atoms with Crippen LogP contribution in [0.2, 0.25) is 0 Å². The number of hydrogen-bond acceptors (Lipinski definition) is 10. The Morgan fingerprint density at radius 3 is 2.55 bits per heavy atom. The minimum atomic E-state index is -3.40. The molecule has 0 aliphatic carbocycles. The summed E-state index contributed by atoms with van der Waals surface area (Å²) in [6, 6.07) is 19.7. The summed E-state index contributed by atoms with van der Waals surface area (Å²) >= 11 is 0. The first-order valence-corrected chi connectivity index (χ1v) is 15.6. The summed E-state index contributed by atoms with van der Waals surface area (Å²) < 4.78 is 37.9. The van der Waals surface area contributed by atoms with Crippen molar-refractivity contribution in [1.82, 2.24) is 9.55 Å². The van der Waals surface area contributed by atoms with Gasteiger partial charge in [-0.15, -0.1) is 0 Å². The van der Waals surface area contributed by atoms with Crippen LogP contribution in [-0.4, -0.2) is 82.8 Å². The molecule has 1 saturated heterocycles. The van der Waals surface area contributed by atoms with Crippen LogP contribution >= 0.6 is 0 Å². The quantitative estimate of drug-likeness (QED) is 0.153. The second-order valence-electron chi connectivity index (χ2n) is 10.3. The number of aliphatic hydroxyl groups excluding tert-OH is 4. The van der Waals surface area contributed by atoms with Gasteiger partial charge in [-0.3, -0.25) is 4.57 Å². The first-order chi connectivity index (χ1) is 20.2. The van der Waals surface area contributed by atoms with Crippen LogP contribution in [0.25, 0.3) is 22.2 Å². The van der Waals surface area contributed by atoms with E-state index in [0.29, 0.717) is 54.3 Å². The SMILES string of the molecule is CS(=O)(=O)c1cccc(-c2ccc(CNc3nc4ccccc4n3[C@@H]3O[C@H](CO)[C@@H](O)[C@H]3O)cc2OCCCCO)c1. The number of unbranched alkanes of at least 4 members (excludes halogenated alkanes) is 1. The number of fused-ring (bicyclic) bond motifs is 1. The zero-order valence-electron chi connectivity index (χ0n) is 23.1. The van der Waals surface area contributed by atoms with Gasteiger partial charge in [-0.25, -0.2) is 13.4 Å². The van der Waals surface area contributed by atoms with Crippen LogP contribution in [-0.2, 0) is 21.1 Å². The molecule has 224 valence electrons. The van der Waals surface area contributed by atoms with Crippen LogP contribution < -0.4 is 10.1 Å². The van der Waals surface area contributed by atoms with Crippen LogP contribution in [0, 0.1) is 0 Å². The minimum absolute atomic E-state index is 0.0626. The Labute approximate surface area is 243 Å². The van der Waals surface area contributed by atoms with Gasteiger partial charge in [0, 0.05) is 25.0 Å². The first kappa shape index (κ1) is 30.0. The molecule has 12 heteroatoms. The molecule has 5 rings (SSSR count). The van der Waals surface area contributed by atoms with Gasteiger partial charge < -0.3 is 35.2 Å². The smallest absolute Gasteiger partial charge is 0.206 e. The highest BCUT2D eigenvalue weighted by Crippen LogP contribution is 2.36. The van der Waals surface area contributed by atoms with Crippen molar-refractivity contribution in [1.29, 1.82) is 0 Å². The number of aliphatic hydroxyl groups is 4. The van der Waals surface area contributed by atoms with Gasteiger partial charge in [-0.05, 0) is 54.3 Å². The molecule has 0 radical (unpaired) electrons. The third-order valence-electron chi connectivity index (χ3n) is 7.25. The van der Waals surface area contributed by atoms with Crippen LogP contribution in [0.15, 0.2) is 71.6 Å². The van der Waals surface area contributed by atoms with E-state index < -0.39 is 41.0 Å². The van der Waals surface area contributed by atoms with E-state index in [9.17, 15) is 23.7 Å². The fourth-order valence-electron chi connectivity index (χ4n) is 5.03. The summed E-state index contributed by atoms with van der Waals surface area (Å²) in [7, 11) is -3.40. The van der Waals surface area contributed by atoms with Crippen LogP contribution in [0.1, 0.15) is 24.6 Å². The second kappa shape index (κ2) is 12.8. The van der Waals surface area contributed by atoms with Crippen molar-refractivity contribution in [2.75, 3.05) is 31.4 Å². The number of ether oxygens (including phenoxy) is 2. The highest BCUT2D eigenvalue weighted by Gasteiger charge is 2.44. The van der Waals surface area contributed by atoms with E-state index in [2.05, 4.69) is 10.3 Å². The number of nitrogens with one attached hydrogen (secondary N) is 1. The molecule has 1 aromatic heterocycles. The van der Waals surface area contributed by atoms with E-state index in [1.165, 1.54) is 6.26 Å². The molecule has 2 heterocycles. The third kappa shape index (κ3) is 6.28. The van der Waals surface area contributed by atoms with E-state index in [-0.39, 0.29) is 11.5 Å². The number of benzene rings is 3. The van der Waals surface area contributed by atoms with E-state index in [1.807, 2.05) is 48.5 Å². The van der Waals surface area contributed by atoms with Crippen molar-refractivity contribution in [2.24, 2.45) is 0 Å². The average molecular weight is 598 g/mol. The van der Waals surface area contributed by atoms with Crippen molar-refractivity contribution in [2.45, 2.75) is 48.8 Å². The van der Waals surface area contributed by atoms with E-state index in [0.717, 1.165) is 11.1 Å². The Hall–Kier alpha value is -3.52. The first-order valence-electron chi connectivity index (χ1n) is 13.7. The number of sulfone groups is 1. The molecule has 0 bridgehead atoms. The molecule has 5 N–H and O–H groups in total. The Morgan fingerprint density at radius 1 is 1.00 bits per heavy atom. The Balaban J connectivity index is 1.45.